The Bertz CT molecular complexity index is 437. The Morgan fingerprint density at radius 2 is 1.54 bits per heavy atom. The minimum absolute atomic E-state index is 0.0156. The average Bonchev–Trinajstić information content (AvgIpc) is 2.66. The molecule has 0 unspecified atom stereocenters. The molecule has 1 atom stereocenters. The van der Waals surface area contributed by atoms with Crippen molar-refractivity contribution in [2.75, 3.05) is 19.8 Å². The van der Waals surface area contributed by atoms with Crippen LogP contribution in [-0.2, 0) is 14.3 Å². The van der Waals surface area contributed by atoms with Gasteiger partial charge in [-0.15, -0.1) is 0 Å². The highest BCUT2D eigenvalue weighted by Gasteiger charge is 2.20. The summed E-state index contributed by atoms with van der Waals surface area (Å²) in [6.45, 7) is 4.99. The number of carbonyl (C=O) groups excluding carboxylic acids is 2. The summed E-state index contributed by atoms with van der Waals surface area (Å²) in [4.78, 5) is 28.4. The van der Waals surface area contributed by atoms with Crippen LogP contribution in [0, 0.1) is 0 Å². The van der Waals surface area contributed by atoms with Gasteiger partial charge in [-0.2, -0.15) is 0 Å². The zero-order chi connectivity index (χ0) is 21.0. The van der Waals surface area contributed by atoms with Gasteiger partial charge in [-0.25, -0.2) is 0 Å². The van der Waals surface area contributed by atoms with Crippen molar-refractivity contribution in [3.05, 3.63) is 0 Å². The predicted octanol–water partition coefficient (Wildman–Crippen LogP) is 3.05. The van der Waals surface area contributed by atoms with Gasteiger partial charge in [0.25, 0.3) is 0 Å². The summed E-state index contributed by atoms with van der Waals surface area (Å²) in [5.74, 6) is -0.141. The fourth-order valence-corrected chi connectivity index (χ4v) is 2.98. The van der Waals surface area contributed by atoms with E-state index in [1.54, 1.807) is 0 Å². The number of rotatable bonds is 19. The quantitative estimate of drug-likeness (QED) is 0.175. The Hall–Kier alpha value is -1.63. The van der Waals surface area contributed by atoms with Gasteiger partial charge in [0.05, 0.1) is 6.04 Å². The largest absolute Gasteiger partial charge is 0.374 e. The molecule has 0 aromatic heterocycles. The van der Waals surface area contributed by atoms with Crippen LogP contribution in [-0.4, -0.2) is 43.5 Å². The third-order valence-corrected chi connectivity index (χ3v) is 4.63. The highest BCUT2D eigenvalue weighted by molar-refractivity contribution is 5.89. The van der Waals surface area contributed by atoms with Crippen LogP contribution in [0.1, 0.15) is 90.9 Å². The van der Waals surface area contributed by atoms with Crippen molar-refractivity contribution in [1.29, 1.82) is 0 Å². The van der Waals surface area contributed by atoms with Gasteiger partial charge in [-0.1, -0.05) is 58.3 Å². The molecule has 1 amide bonds. The van der Waals surface area contributed by atoms with Gasteiger partial charge in [0.1, 0.15) is 6.61 Å². The first-order chi connectivity index (χ1) is 13.5. The highest BCUT2D eigenvalue weighted by atomic mass is 16.5. The molecule has 0 radical (unpaired) electrons. The number of aliphatic imine (C=N–C) groups is 1. The lowest BCUT2D eigenvalue weighted by Crippen LogP contribution is -2.42. The van der Waals surface area contributed by atoms with Crippen molar-refractivity contribution in [2.45, 2.75) is 96.9 Å². The molecular weight excluding hydrogens is 356 g/mol. The normalized spacial score (nSPS) is 11.8. The smallest absolute Gasteiger partial charge is 0.220 e. The summed E-state index contributed by atoms with van der Waals surface area (Å²) < 4.78 is 5.19. The molecule has 7 heteroatoms. The van der Waals surface area contributed by atoms with Gasteiger partial charge in [0, 0.05) is 19.6 Å². The molecule has 0 aliphatic rings. The fourth-order valence-electron chi connectivity index (χ4n) is 2.98. The Labute approximate surface area is 171 Å². The number of ether oxygens (including phenoxy) is 1. The van der Waals surface area contributed by atoms with Crippen LogP contribution >= 0.6 is 0 Å². The van der Waals surface area contributed by atoms with Crippen LogP contribution < -0.4 is 16.8 Å². The molecule has 5 N–H and O–H groups in total. The van der Waals surface area contributed by atoms with Crippen molar-refractivity contribution in [1.82, 2.24) is 5.32 Å². The van der Waals surface area contributed by atoms with E-state index in [1.165, 1.54) is 44.9 Å². The van der Waals surface area contributed by atoms with E-state index in [9.17, 15) is 9.59 Å². The molecule has 164 valence electrons. The van der Waals surface area contributed by atoms with Gasteiger partial charge in [0.15, 0.2) is 11.7 Å². The fraction of sp³-hybridized carbons (Fsp3) is 0.857. The first-order valence-electron chi connectivity index (χ1n) is 11.0. The molecule has 0 saturated carbocycles. The van der Waals surface area contributed by atoms with Gasteiger partial charge >= 0.3 is 0 Å². The van der Waals surface area contributed by atoms with Crippen LogP contribution in [0.25, 0.3) is 0 Å². The number of nitrogens with zero attached hydrogens (tertiary/aromatic N) is 1. The molecule has 0 rings (SSSR count). The highest BCUT2D eigenvalue weighted by Crippen LogP contribution is 2.10. The number of unbranched alkanes of at least 4 members (excludes halogenated alkanes) is 8. The van der Waals surface area contributed by atoms with Crippen LogP contribution in [0.15, 0.2) is 4.99 Å². The number of ketones is 1. The predicted molar refractivity (Wildman–Crippen MR) is 115 cm³/mol. The Morgan fingerprint density at radius 3 is 2.11 bits per heavy atom. The molecule has 0 aliphatic carbocycles. The van der Waals surface area contributed by atoms with Gasteiger partial charge in [-0.05, 0) is 26.2 Å². The standard InChI is InChI=1S/C21H42N4O3/c1-3-5-6-7-8-9-10-11-12-15-20(27)25-18(19(26)17-28-4-2)14-13-16-24-21(22)23/h18H,3-17H2,1-2H3,(H,25,27)(H4,22,23,24)/t18-/m0/s1. The first kappa shape index (κ1) is 26.4. The molecule has 0 aromatic carbocycles. The first-order valence-corrected chi connectivity index (χ1v) is 11.0. The summed E-state index contributed by atoms with van der Waals surface area (Å²) >= 11 is 0. The third kappa shape index (κ3) is 16.5. The number of hydrogen-bond acceptors (Lipinski definition) is 4. The summed E-state index contributed by atoms with van der Waals surface area (Å²) in [5, 5.41) is 2.86. The van der Waals surface area contributed by atoms with Crippen LogP contribution in [0.4, 0.5) is 0 Å². The van der Waals surface area contributed by atoms with Crippen LogP contribution in [0.2, 0.25) is 0 Å². The maximum Gasteiger partial charge on any atom is 0.220 e. The summed E-state index contributed by atoms with van der Waals surface area (Å²) in [6.07, 6.45) is 12.5. The van der Waals surface area contributed by atoms with Crippen LogP contribution in [0.3, 0.4) is 0 Å². The lowest BCUT2D eigenvalue weighted by molar-refractivity contribution is -0.130. The third-order valence-electron chi connectivity index (χ3n) is 4.63. The molecule has 7 nitrogen and oxygen atoms in total. The number of Topliss-reactive ketones (excluding diaryl/α,β-unsaturated/α-hetero) is 1. The second-order valence-corrected chi connectivity index (χ2v) is 7.25. The zero-order valence-electron chi connectivity index (χ0n) is 18.0. The van der Waals surface area contributed by atoms with Gasteiger partial charge in [0.2, 0.25) is 5.91 Å². The Morgan fingerprint density at radius 1 is 0.929 bits per heavy atom. The lowest BCUT2D eigenvalue weighted by atomic mass is 10.0. The average molecular weight is 399 g/mol. The summed E-state index contributed by atoms with van der Waals surface area (Å²) in [6, 6.07) is -0.535. The van der Waals surface area contributed by atoms with Crippen molar-refractivity contribution in [2.24, 2.45) is 16.5 Å². The van der Waals surface area contributed by atoms with E-state index >= 15 is 0 Å². The van der Waals surface area contributed by atoms with E-state index in [0.717, 1.165) is 12.8 Å². The van der Waals surface area contributed by atoms with E-state index in [4.69, 9.17) is 16.2 Å². The molecule has 0 spiro atoms. The van der Waals surface area contributed by atoms with E-state index in [2.05, 4.69) is 17.2 Å². The van der Waals surface area contributed by atoms with Crippen molar-refractivity contribution in [3.63, 3.8) is 0 Å². The summed E-state index contributed by atoms with van der Waals surface area (Å²) in [5.41, 5.74) is 10.6. The Balaban J connectivity index is 4.07. The van der Waals surface area contributed by atoms with Crippen molar-refractivity contribution in [3.8, 4) is 0 Å². The molecular formula is C21H42N4O3. The monoisotopic (exact) mass is 398 g/mol. The van der Waals surface area contributed by atoms with Crippen molar-refractivity contribution >= 4 is 17.6 Å². The second kappa shape index (κ2) is 18.7. The number of carbonyl (C=O) groups is 2. The van der Waals surface area contributed by atoms with E-state index in [0.29, 0.717) is 32.4 Å². The minimum atomic E-state index is -0.535. The van der Waals surface area contributed by atoms with Crippen LogP contribution in [0.5, 0.6) is 0 Å². The SMILES string of the molecule is CCCCCCCCCCCC(=O)N[C@@H](CCCN=C(N)N)C(=O)COCC. The number of hydrogen-bond donors (Lipinski definition) is 3. The number of amides is 1. The molecule has 0 aliphatic heterocycles. The topological polar surface area (TPSA) is 120 Å². The molecule has 0 bridgehead atoms. The molecule has 0 heterocycles. The van der Waals surface area contributed by atoms with E-state index in [-0.39, 0.29) is 24.3 Å². The van der Waals surface area contributed by atoms with Gasteiger partial charge in [-0.3, -0.25) is 14.6 Å². The zero-order valence-corrected chi connectivity index (χ0v) is 18.0. The minimum Gasteiger partial charge on any atom is -0.374 e. The van der Waals surface area contributed by atoms with Crippen molar-refractivity contribution < 1.29 is 14.3 Å². The van der Waals surface area contributed by atoms with Gasteiger partial charge < -0.3 is 21.5 Å². The molecule has 0 fully saturated rings. The van der Waals surface area contributed by atoms with E-state index < -0.39 is 6.04 Å². The maximum absolute atomic E-state index is 12.3. The second-order valence-electron chi connectivity index (χ2n) is 7.25. The lowest BCUT2D eigenvalue weighted by Gasteiger charge is -2.17. The number of nitrogens with one attached hydrogen (secondary N) is 1. The molecule has 0 aromatic rings. The Kier molecular flexibility index (Phi) is 17.6. The summed E-state index contributed by atoms with van der Waals surface area (Å²) in [7, 11) is 0. The number of nitrogens with two attached hydrogens (primary N) is 2. The molecule has 28 heavy (non-hydrogen) atoms. The van der Waals surface area contributed by atoms with E-state index in [1.807, 2.05) is 6.92 Å². The maximum atomic E-state index is 12.3. The molecule has 0 saturated heterocycles. The number of guanidine groups is 1.